The number of carbonyl (C=O) groups is 1. The van der Waals surface area contributed by atoms with Crippen LogP contribution in [0, 0.1) is 5.82 Å². The zero-order valence-corrected chi connectivity index (χ0v) is 14.6. The number of halogens is 3. The van der Waals surface area contributed by atoms with E-state index in [9.17, 15) is 9.18 Å². The molecule has 128 valence electrons. The molecule has 1 heterocycles. The van der Waals surface area contributed by atoms with Crippen LogP contribution in [-0.4, -0.2) is 53.6 Å². The highest BCUT2D eigenvalue weighted by molar-refractivity contribution is 6.42. The van der Waals surface area contributed by atoms with Crippen LogP contribution in [0.25, 0.3) is 0 Å². The van der Waals surface area contributed by atoms with Crippen molar-refractivity contribution in [3.63, 3.8) is 0 Å². The summed E-state index contributed by atoms with van der Waals surface area (Å²) in [5.41, 5.74) is 0.815. The number of likely N-dealkylation sites (N-methyl/N-ethyl adjacent to an activating group) is 1. The molecule has 1 aromatic carbocycles. The van der Waals surface area contributed by atoms with Gasteiger partial charge in [-0.05, 0) is 51.0 Å². The van der Waals surface area contributed by atoms with Crippen molar-refractivity contribution >= 4 is 29.2 Å². The smallest absolute Gasteiger partial charge is 0.317 e. The highest BCUT2D eigenvalue weighted by Crippen LogP contribution is 2.30. The summed E-state index contributed by atoms with van der Waals surface area (Å²) < 4.78 is 13.4. The summed E-state index contributed by atoms with van der Waals surface area (Å²) in [6.07, 6.45) is 2.86. The van der Waals surface area contributed by atoms with E-state index in [-0.39, 0.29) is 22.6 Å². The van der Waals surface area contributed by atoms with Gasteiger partial charge >= 0.3 is 5.97 Å². The monoisotopic (exact) mass is 362 g/mol. The van der Waals surface area contributed by atoms with Gasteiger partial charge in [-0.15, -0.1) is 0 Å². The van der Waals surface area contributed by atoms with Crippen molar-refractivity contribution in [2.45, 2.75) is 31.8 Å². The molecule has 0 aliphatic carbocycles. The number of hydrogen-bond acceptors (Lipinski definition) is 3. The van der Waals surface area contributed by atoms with Gasteiger partial charge in [-0.3, -0.25) is 14.6 Å². The Labute approximate surface area is 145 Å². The predicted molar refractivity (Wildman–Crippen MR) is 89.6 cm³/mol. The van der Waals surface area contributed by atoms with Crippen LogP contribution in [0.5, 0.6) is 0 Å². The van der Waals surface area contributed by atoms with Crippen molar-refractivity contribution in [2.75, 3.05) is 26.7 Å². The molecule has 0 aromatic heterocycles. The van der Waals surface area contributed by atoms with Gasteiger partial charge in [0.25, 0.3) is 0 Å². The number of likely N-dealkylation sites (tertiary alicyclic amines) is 1. The van der Waals surface area contributed by atoms with Crippen molar-refractivity contribution < 1.29 is 14.3 Å². The second kappa shape index (κ2) is 8.29. The topological polar surface area (TPSA) is 43.8 Å². The Morgan fingerprint density at radius 3 is 2.78 bits per heavy atom. The minimum atomic E-state index is -0.804. The lowest BCUT2D eigenvalue weighted by Crippen LogP contribution is -2.36. The summed E-state index contributed by atoms with van der Waals surface area (Å²) in [7, 11) is 1.85. The van der Waals surface area contributed by atoms with Gasteiger partial charge < -0.3 is 5.11 Å². The lowest BCUT2D eigenvalue weighted by molar-refractivity contribution is -0.138. The van der Waals surface area contributed by atoms with Crippen LogP contribution in [-0.2, 0) is 11.3 Å². The van der Waals surface area contributed by atoms with E-state index in [0.29, 0.717) is 6.54 Å². The molecule has 2 rings (SSSR count). The normalized spacial score (nSPS) is 19.8. The second-order valence-electron chi connectivity index (χ2n) is 6.00. The summed E-state index contributed by atoms with van der Waals surface area (Å²) in [5, 5.41) is 9.14. The van der Waals surface area contributed by atoms with Crippen LogP contribution >= 0.6 is 23.2 Å². The minimum Gasteiger partial charge on any atom is -0.480 e. The molecule has 0 saturated carbocycles. The fraction of sp³-hybridized carbons (Fsp3) is 0.562. The molecule has 4 nitrogen and oxygen atoms in total. The van der Waals surface area contributed by atoms with E-state index >= 15 is 0 Å². The molecule has 1 aliphatic heterocycles. The van der Waals surface area contributed by atoms with Gasteiger partial charge in [-0.2, -0.15) is 0 Å². The van der Waals surface area contributed by atoms with Gasteiger partial charge in [0.1, 0.15) is 5.82 Å². The third kappa shape index (κ3) is 5.05. The first-order chi connectivity index (χ1) is 10.9. The summed E-state index contributed by atoms with van der Waals surface area (Å²) in [4.78, 5) is 15.0. The molecule has 1 fully saturated rings. The van der Waals surface area contributed by atoms with Crippen molar-refractivity contribution in [3.05, 3.63) is 33.6 Å². The van der Waals surface area contributed by atoms with E-state index < -0.39 is 11.8 Å². The highest BCUT2D eigenvalue weighted by Gasteiger charge is 2.22. The number of nitrogens with zero attached hydrogens (tertiary/aromatic N) is 2. The van der Waals surface area contributed by atoms with Crippen LogP contribution in [0.15, 0.2) is 12.1 Å². The van der Waals surface area contributed by atoms with Gasteiger partial charge in [-0.1, -0.05) is 29.3 Å². The van der Waals surface area contributed by atoms with Crippen molar-refractivity contribution in [1.82, 2.24) is 9.80 Å². The minimum absolute atomic E-state index is 0.0296. The molecule has 23 heavy (non-hydrogen) atoms. The molecule has 1 aromatic rings. The molecule has 1 unspecified atom stereocenters. The molecule has 1 atom stereocenters. The Hall–Kier alpha value is -0.880. The van der Waals surface area contributed by atoms with Crippen LogP contribution in [0.3, 0.4) is 0 Å². The molecular formula is C16H21Cl2FN2O2. The van der Waals surface area contributed by atoms with Gasteiger partial charge in [0.15, 0.2) is 0 Å². The molecule has 1 N–H and O–H groups in total. The Kier molecular flexibility index (Phi) is 6.65. The Morgan fingerprint density at radius 2 is 2.09 bits per heavy atom. The number of carboxylic acids is 1. The van der Waals surface area contributed by atoms with Crippen LogP contribution in [0.2, 0.25) is 10.0 Å². The van der Waals surface area contributed by atoms with E-state index in [1.54, 1.807) is 6.07 Å². The fourth-order valence-corrected chi connectivity index (χ4v) is 3.41. The Bertz CT molecular complexity index is 571. The number of aliphatic carboxylic acids is 1. The standard InChI is InChI=1S/C16H21Cl2FN2O2/c1-20(10-14(22)23)12-3-2-7-21(8-6-12)9-11-4-5-13(19)16(18)15(11)17/h4-5,12H,2-3,6-10H2,1H3,(H,22,23). The van der Waals surface area contributed by atoms with Crippen LogP contribution in [0.1, 0.15) is 24.8 Å². The van der Waals surface area contributed by atoms with E-state index in [0.717, 1.165) is 37.9 Å². The Balaban J connectivity index is 1.96. The maximum absolute atomic E-state index is 13.4. The molecule has 7 heteroatoms. The fourth-order valence-electron chi connectivity index (χ4n) is 3.01. The molecule has 1 aliphatic rings. The van der Waals surface area contributed by atoms with Gasteiger partial charge in [0.05, 0.1) is 16.6 Å². The lowest BCUT2D eigenvalue weighted by Gasteiger charge is -2.25. The summed E-state index contributed by atoms with van der Waals surface area (Å²) >= 11 is 12.0. The quantitative estimate of drug-likeness (QED) is 0.814. The molecule has 0 radical (unpaired) electrons. The third-order valence-electron chi connectivity index (χ3n) is 4.31. The van der Waals surface area contributed by atoms with E-state index in [4.69, 9.17) is 28.3 Å². The van der Waals surface area contributed by atoms with Gasteiger partial charge in [0, 0.05) is 12.6 Å². The summed E-state index contributed by atoms with van der Waals surface area (Å²) in [5.74, 6) is -1.31. The Morgan fingerprint density at radius 1 is 1.35 bits per heavy atom. The van der Waals surface area contributed by atoms with E-state index in [2.05, 4.69) is 4.90 Å². The van der Waals surface area contributed by atoms with Crippen molar-refractivity contribution in [2.24, 2.45) is 0 Å². The van der Waals surface area contributed by atoms with Gasteiger partial charge in [0.2, 0.25) is 0 Å². The van der Waals surface area contributed by atoms with Crippen LogP contribution in [0.4, 0.5) is 4.39 Å². The lowest BCUT2D eigenvalue weighted by atomic mass is 10.1. The first-order valence-corrected chi connectivity index (χ1v) is 8.41. The maximum atomic E-state index is 13.4. The number of hydrogen-bond donors (Lipinski definition) is 1. The molecule has 1 saturated heterocycles. The predicted octanol–water partition coefficient (Wildman–Crippen LogP) is 3.50. The first-order valence-electron chi connectivity index (χ1n) is 7.65. The number of benzene rings is 1. The third-order valence-corrected chi connectivity index (χ3v) is 5.21. The molecule has 0 spiro atoms. The van der Waals surface area contributed by atoms with Gasteiger partial charge in [-0.25, -0.2) is 4.39 Å². The molecule has 0 amide bonds. The summed E-state index contributed by atoms with van der Waals surface area (Å²) in [6, 6.07) is 3.27. The second-order valence-corrected chi connectivity index (χ2v) is 6.76. The van der Waals surface area contributed by atoms with Crippen molar-refractivity contribution in [1.29, 1.82) is 0 Å². The first kappa shape index (κ1) is 18.5. The molecule has 0 bridgehead atoms. The van der Waals surface area contributed by atoms with Crippen LogP contribution < -0.4 is 0 Å². The average Bonchev–Trinajstić information content (AvgIpc) is 2.73. The SMILES string of the molecule is CN(CC(=O)O)C1CCCN(Cc2ccc(F)c(Cl)c2Cl)CC1. The molecular weight excluding hydrogens is 342 g/mol. The zero-order valence-electron chi connectivity index (χ0n) is 13.1. The average molecular weight is 363 g/mol. The zero-order chi connectivity index (χ0) is 17.0. The number of carboxylic acid groups (broad SMARTS) is 1. The highest BCUT2D eigenvalue weighted by atomic mass is 35.5. The van der Waals surface area contributed by atoms with E-state index in [1.807, 2.05) is 11.9 Å². The summed E-state index contributed by atoms with van der Waals surface area (Å²) in [6.45, 7) is 2.43. The largest absolute Gasteiger partial charge is 0.480 e. The van der Waals surface area contributed by atoms with E-state index in [1.165, 1.54) is 6.07 Å². The maximum Gasteiger partial charge on any atom is 0.317 e. The van der Waals surface area contributed by atoms with Crippen molar-refractivity contribution in [3.8, 4) is 0 Å². The number of rotatable bonds is 5.